The Labute approximate surface area is 113 Å². The quantitative estimate of drug-likeness (QED) is 0.373. The molecule has 9 heteroatoms. The van der Waals surface area contributed by atoms with Gasteiger partial charge in [-0.1, -0.05) is 12.1 Å². The summed E-state index contributed by atoms with van der Waals surface area (Å²) in [7, 11) is -4.00. The van der Waals surface area contributed by atoms with Crippen LogP contribution in [0, 0.1) is 10.1 Å². The molecule has 6 nitrogen and oxygen atoms in total. The molecule has 77 valence electrons. The summed E-state index contributed by atoms with van der Waals surface area (Å²) in [6.07, 6.45) is 0. The van der Waals surface area contributed by atoms with Crippen molar-refractivity contribution in [3.8, 4) is 0 Å². The van der Waals surface area contributed by atoms with Gasteiger partial charge in [0.2, 0.25) is 0 Å². The molecule has 1 N–H and O–H groups in total. The number of hydrogen-bond donors (Lipinski definition) is 1. The number of nitro benzene ring substituents is 1. The zero-order valence-electron chi connectivity index (χ0n) is 7.68. The second-order valence-corrected chi connectivity index (χ2v) is 4.37. The number of nitrogens with zero attached hydrogens (tertiary/aromatic N) is 1. The van der Waals surface area contributed by atoms with Gasteiger partial charge in [0.1, 0.15) is 0 Å². The molecule has 1 aromatic rings. The van der Waals surface area contributed by atoms with Crippen LogP contribution in [0.4, 0.5) is 5.69 Å². The van der Waals surface area contributed by atoms with Gasteiger partial charge in [0, 0.05) is 35.6 Å². The topological polar surface area (TPSA) is 89.3 Å². The second kappa shape index (κ2) is 5.78. The van der Waals surface area contributed by atoms with Gasteiger partial charge in [-0.2, -0.15) is 0 Å². The predicted molar refractivity (Wildman–Crippen MR) is 55.0 cm³/mol. The van der Waals surface area contributed by atoms with Crippen molar-refractivity contribution in [2.45, 2.75) is 4.90 Å². The van der Waals surface area contributed by atoms with E-state index in [1.165, 1.54) is 16.4 Å². The summed E-state index contributed by atoms with van der Waals surface area (Å²) in [5.74, 6) is 0. The van der Waals surface area contributed by atoms with Crippen LogP contribution in [0.25, 0.3) is 0 Å². The summed E-state index contributed by atoms with van der Waals surface area (Å²) in [6.45, 7) is 0. The molecule has 0 aliphatic rings. The van der Waals surface area contributed by atoms with E-state index in [2.05, 4.69) is 0 Å². The molecule has 0 fully saturated rings. The van der Waals surface area contributed by atoms with Crippen LogP contribution in [0.3, 0.4) is 0 Å². The van der Waals surface area contributed by atoms with Gasteiger partial charge >= 0.3 is 0 Å². The van der Waals surface area contributed by atoms with E-state index in [1.54, 1.807) is 0 Å². The van der Waals surface area contributed by atoms with Gasteiger partial charge in [0.25, 0.3) is 15.7 Å². The molecule has 0 aromatic heterocycles. The van der Waals surface area contributed by atoms with Crippen LogP contribution in [-0.2, 0) is 10.0 Å². The number of benzene rings is 1. The fraction of sp³-hybridized carbons (Fsp3) is 0. The van der Waals surface area contributed by atoms with E-state index in [9.17, 15) is 18.5 Å². The first-order chi connectivity index (χ1) is 6.49. The van der Waals surface area contributed by atoms with Gasteiger partial charge in [-0.15, -0.1) is 4.24 Å². The van der Waals surface area contributed by atoms with Gasteiger partial charge in [-0.3, -0.25) is 10.1 Å². The van der Waals surface area contributed by atoms with Crippen molar-refractivity contribution in [1.29, 1.82) is 0 Å². The minimum absolute atomic E-state index is 0. The molecule has 1 radical (unpaired) electrons. The summed E-state index contributed by atoms with van der Waals surface area (Å²) < 4.78 is 23.9. The molecule has 0 aliphatic carbocycles. The van der Waals surface area contributed by atoms with Crippen LogP contribution < -0.4 is 4.24 Å². The molecule has 0 unspecified atom stereocenters. The van der Waals surface area contributed by atoms with Gasteiger partial charge in [-0.25, -0.2) is 8.42 Å². The SMILES string of the molecule is O=[N+]([O-])c1ccccc1S(=O)(=O)NCl.[Na]. The van der Waals surface area contributed by atoms with Crippen LogP contribution in [0.5, 0.6) is 0 Å². The van der Waals surface area contributed by atoms with Crippen molar-refractivity contribution in [2.75, 3.05) is 0 Å². The van der Waals surface area contributed by atoms with Crippen LogP contribution in [0.1, 0.15) is 0 Å². The first-order valence-corrected chi connectivity index (χ1v) is 5.21. The minimum Gasteiger partial charge on any atom is -0.258 e. The van der Waals surface area contributed by atoms with Crippen LogP contribution >= 0.6 is 11.8 Å². The standard InChI is InChI=1S/C6H5ClN2O4S.Na/c7-8-14(12,13)6-4-2-1-3-5(6)9(10)11;/h1-4,8H;. The molecule has 0 spiro atoms. The van der Waals surface area contributed by atoms with Crippen molar-refractivity contribution in [3.63, 3.8) is 0 Å². The second-order valence-electron chi connectivity index (χ2n) is 2.31. The van der Waals surface area contributed by atoms with Crippen molar-refractivity contribution in [1.82, 2.24) is 4.24 Å². The van der Waals surface area contributed by atoms with E-state index >= 15 is 0 Å². The third-order valence-corrected chi connectivity index (χ3v) is 3.19. The molecule has 1 aromatic carbocycles. The van der Waals surface area contributed by atoms with Crippen LogP contribution in [-0.4, -0.2) is 42.9 Å². The Morgan fingerprint density at radius 1 is 1.33 bits per heavy atom. The summed E-state index contributed by atoms with van der Waals surface area (Å²) in [6, 6.07) is 4.92. The third-order valence-electron chi connectivity index (χ3n) is 1.45. The monoisotopic (exact) mass is 259 g/mol. The van der Waals surface area contributed by atoms with E-state index in [0.29, 0.717) is 0 Å². The van der Waals surface area contributed by atoms with Gasteiger partial charge in [0.05, 0.1) is 4.92 Å². The number of para-hydroxylation sites is 1. The summed E-state index contributed by atoms with van der Waals surface area (Å²) in [5.41, 5.74) is -0.513. The maximum atomic E-state index is 11.2. The largest absolute Gasteiger partial charge is 0.289 e. The fourth-order valence-corrected chi connectivity index (χ4v) is 1.88. The van der Waals surface area contributed by atoms with E-state index < -0.39 is 25.5 Å². The molecule has 0 saturated carbocycles. The Morgan fingerprint density at radius 3 is 2.33 bits per heavy atom. The minimum atomic E-state index is -4.00. The molecular formula is C6H5ClN2NaO4S. The number of rotatable bonds is 3. The number of nitrogens with one attached hydrogen (secondary N) is 1. The Morgan fingerprint density at radius 2 is 1.87 bits per heavy atom. The number of nitro groups is 1. The maximum absolute atomic E-state index is 11.2. The van der Waals surface area contributed by atoms with Crippen LogP contribution in [0.15, 0.2) is 29.2 Å². The average molecular weight is 260 g/mol. The maximum Gasteiger partial charge on any atom is 0.289 e. The summed E-state index contributed by atoms with van der Waals surface area (Å²) in [4.78, 5) is 9.21. The van der Waals surface area contributed by atoms with Crippen molar-refractivity contribution in [3.05, 3.63) is 34.4 Å². The Bertz CT molecular complexity index is 464. The molecule has 1 rings (SSSR count). The number of sulfonamides is 1. The van der Waals surface area contributed by atoms with E-state index in [1.807, 2.05) is 0 Å². The summed E-state index contributed by atoms with van der Waals surface area (Å²) in [5, 5.41) is 10.5. The number of hydrogen-bond acceptors (Lipinski definition) is 4. The molecule has 0 amide bonds. The van der Waals surface area contributed by atoms with Gasteiger partial charge < -0.3 is 0 Å². The van der Waals surface area contributed by atoms with E-state index in [4.69, 9.17) is 11.8 Å². The first-order valence-electron chi connectivity index (χ1n) is 3.35. The molecule has 0 bridgehead atoms. The van der Waals surface area contributed by atoms with Crippen molar-refractivity contribution >= 4 is 57.0 Å². The first kappa shape index (κ1) is 14.8. The molecule has 0 aliphatic heterocycles. The van der Waals surface area contributed by atoms with Gasteiger partial charge in [0.15, 0.2) is 4.90 Å². The zero-order valence-corrected chi connectivity index (χ0v) is 11.2. The zero-order chi connectivity index (χ0) is 10.8. The molecule has 0 atom stereocenters. The normalized spacial score (nSPS) is 10.5. The van der Waals surface area contributed by atoms with Crippen molar-refractivity contribution in [2.24, 2.45) is 0 Å². The fourth-order valence-electron chi connectivity index (χ4n) is 0.877. The summed E-state index contributed by atoms with van der Waals surface area (Å²) >= 11 is 4.94. The molecule has 0 heterocycles. The van der Waals surface area contributed by atoms with Gasteiger partial charge in [-0.05, 0) is 17.8 Å². The van der Waals surface area contributed by atoms with E-state index in [-0.39, 0.29) is 29.6 Å². The smallest absolute Gasteiger partial charge is 0.258 e. The predicted octanol–water partition coefficient (Wildman–Crippen LogP) is 0.646. The van der Waals surface area contributed by atoms with Crippen molar-refractivity contribution < 1.29 is 13.3 Å². The third kappa shape index (κ3) is 3.40. The number of halogens is 1. The van der Waals surface area contributed by atoms with E-state index in [0.717, 1.165) is 12.1 Å². The Balaban J connectivity index is 0.00000196. The van der Waals surface area contributed by atoms with Crippen LogP contribution in [0.2, 0.25) is 0 Å². The molecular weight excluding hydrogens is 255 g/mol. The Kier molecular flexibility index (Phi) is 5.71. The average Bonchev–Trinajstić information content (AvgIpc) is 2.18. The molecule has 0 saturated heterocycles. The molecule has 15 heavy (non-hydrogen) atoms. The Hall–Kier alpha value is -0.180.